The van der Waals surface area contributed by atoms with Crippen molar-refractivity contribution in [1.82, 2.24) is 15.0 Å². The number of rotatable bonds is 5. The molecular weight excluding hydrogens is 254 g/mol. The molecule has 7 heteroatoms. The molecule has 6 nitrogen and oxygen atoms in total. The lowest BCUT2D eigenvalue weighted by Crippen LogP contribution is -2.30. The van der Waals surface area contributed by atoms with Gasteiger partial charge in [0.1, 0.15) is 0 Å². The van der Waals surface area contributed by atoms with Crippen LogP contribution in [0.1, 0.15) is 19.8 Å². The average Bonchev–Trinajstić information content (AvgIpc) is 2.81. The zero-order valence-corrected chi connectivity index (χ0v) is 11.4. The summed E-state index contributed by atoms with van der Waals surface area (Å²) in [6.45, 7) is 4.34. The van der Waals surface area contributed by atoms with Gasteiger partial charge in [-0.25, -0.2) is 0 Å². The number of nitrogens with one attached hydrogen (secondary N) is 1. The largest absolute Gasteiger partial charge is 0.376 e. The molecule has 0 spiro atoms. The van der Waals surface area contributed by atoms with Crippen molar-refractivity contribution < 1.29 is 4.74 Å². The highest BCUT2D eigenvalue weighted by Gasteiger charge is 2.19. The second-order valence-electron chi connectivity index (χ2n) is 4.27. The molecule has 1 aromatic heterocycles. The van der Waals surface area contributed by atoms with Gasteiger partial charge in [-0.15, -0.1) is 0 Å². The monoisotopic (exact) mass is 271 g/mol. The van der Waals surface area contributed by atoms with E-state index in [1.807, 2.05) is 18.9 Å². The smallest absolute Gasteiger partial charge is 0.231 e. The topological polar surface area (TPSA) is 63.2 Å². The highest BCUT2D eigenvalue weighted by atomic mass is 35.5. The Balaban J connectivity index is 2.05. The van der Waals surface area contributed by atoms with Crippen LogP contribution in [0, 0.1) is 0 Å². The SMILES string of the molecule is CCNc1nc(Cl)nc(N(C)CC2CCCO2)n1. The number of likely N-dealkylation sites (N-methyl/N-ethyl adjacent to an activating group) is 1. The van der Waals surface area contributed by atoms with Crippen molar-refractivity contribution >= 4 is 23.5 Å². The van der Waals surface area contributed by atoms with Crippen molar-refractivity contribution in [3.63, 3.8) is 0 Å². The Bertz CT molecular complexity index is 397. The van der Waals surface area contributed by atoms with Crippen molar-refractivity contribution in [2.45, 2.75) is 25.9 Å². The molecule has 1 atom stereocenters. The van der Waals surface area contributed by atoms with E-state index in [4.69, 9.17) is 16.3 Å². The number of hydrogen-bond acceptors (Lipinski definition) is 6. The minimum atomic E-state index is 0.204. The van der Waals surface area contributed by atoms with Crippen molar-refractivity contribution in [3.8, 4) is 0 Å². The summed E-state index contributed by atoms with van der Waals surface area (Å²) in [7, 11) is 1.93. The molecule has 1 aliphatic heterocycles. The molecule has 1 N–H and O–H groups in total. The summed E-state index contributed by atoms with van der Waals surface area (Å²) in [6, 6.07) is 0. The van der Waals surface area contributed by atoms with Crippen molar-refractivity contribution in [3.05, 3.63) is 5.28 Å². The van der Waals surface area contributed by atoms with E-state index in [2.05, 4.69) is 20.3 Å². The van der Waals surface area contributed by atoms with Crippen LogP contribution in [0.5, 0.6) is 0 Å². The van der Waals surface area contributed by atoms with Crippen LogP contribution in [-0.4, -0.2) is 47.8 Å². The molecule has 0 saturated carbocycles. The number of halogens is 1. The highest BCUT2D eigenvalue weighted by Crippen LogP contribution is 2.17. The van der Waals surface area contributed by atoms with Crippen LogP contribution in [0.25, 0.3) is 0 Å². The Kier molecular flexibility index (Phi) is 4.54. The number of ether oxygens (including phenoxy) is 1. The molecule has 1 unspecified atom stereocenters. The van der Waals surface area contributed by atoms with Crippen molar-refractivity contribution in [2.75, 3.05) is 37.0 Å². The molecule has 0 amide bonds. The Morgan fingerprint density at radius 3 is 2.94 bits per heavy atom. The first-order chi connectivity index (χ1) is 8.69. The summed E-state index contributed by atoms with van der Waals surface area (Å²) < 4.78 is 5.59. The summed E-state index contributed by atoms with van der Waals surface area (Å²) in [5.74, 6) is 1.08. The van der Waals surface area contributed by atoms with Crippen molar-refractivity contribution in [2.24, 2.45) is 0 Å². The zero-order valence-electron chi connectivity index (χ0n) is 10.7. The van der Waals surface area contributed by atoms with E-state index in [1.165, 1.54) is 0 Å². The molecule has 1 aromatic rings. The predicted molar refractivity (Wildman–Crippen MR) is 71.2 cm³/mol. The minimum absolute atomic E-state index is 0.204. The molecule has 1 aliphatic rings. The molecule has 100 valence electrons. The van der Waals surface area contributed by atoms with Gasteiger partial charge < -0.3 is 15.0 Å². The number of aromatic nitrogens is 3. The normalized spacial score (nSPS) is 18.9. The standard InChI is InChI=1S/C11H18ClN5O/c1-3-13-10-14-9(12)15-11(16-10)17(2)7-8-5-4-6-18-8/h8H,3-7H2,1-2H3,(H,13,14,15,16). The van der Waals surface area contributed by atoms with E-state index in [0.717, 1.165) is 32.5 Å². The van der Waals surface area contributed by atoms with Gasteiger partial charge in [-0.05, 0) is 31.4 Å². The molecule has 0 bridgehead atoms. The first-order valence-corrected chi connectivity index (χ1v) is 6.55. The van der Waals surface area contributed by atoms with Gasteiger partial charge in [0.15, 0.2) is 0 Å². The van der Waals surface area contributed by atoms with E-state index in [9.17, 15) is 0 Å². The van der Waals surface area contributed by atoms with Crippen LogP contribution in [-0.2, 0) is 4.74 Å². The maximum absolute atomic E-state index is 5.89. The van der Waals surface area contributed by atoms with Gasteiger partial charge in [0.05, 0.1) is 6.10 Å². The second kappa shape index (κ2) is 6.15. The van der Waals surface area contributed by atoms with Gasteiger partial charge in [-0.3, -0.25) is 0 Å². The Hall–Kier alpha value is -1.14. The first-order valence-electron chi connectivity index (χ1n) is 6.17. The quantitative estimate of drug-likeness (QED) is 0.877. The van der Waals surface area contributed by atoms with Gasteiger partial charge in [-0.2, -0.15) is 15.0 Å². The number of nitrogens with zero attached hydrogens (tertiary/aromatic N) is 4. The van der Waals surface area contributed by atoms with E-state index >= 15 is 0 Å². The maximum Gasteiger partial charge on any atom is 0.231 e. The molecule has 0 aliphatic carbocycles. The van der Waals surface area contributed by atoms with Gasteiger partial charge in [0.2, 0.25) is 17.2 Å². The molecule has 18 heavy (non-hydrogen) atoms. The lowest BCUT2D eigenvalue weighted by atomic mass is 10.2. The fourth-order valence-corrected chi connectivity index (χ4v) is 2.08. The fourth-order valence-electron chi connectivity index (χ4n) is 1.92. The first kappa shape index (κ1) is 13.3. The van der Waals surface area contributed by atoms with Crippen LogP contribution >= 0.6 is 11.6 Å². The summed E-state index contributed by atoms with van der Waals surface area (Å²) in [6.07, 6.45) is 2.47. The number of anilines is 2. The average molecular weight is 272 g/mol. The summed E-state index contributed by atoms with van der Waals surface area (Å²) >= 11 is 5.89. The maximum atomic E-state index is 5.89. The van der Waals surface area contributed by atoms with Gasteiger partial charge in [0, 0.05) is 26.7 Å². The number of hydrogen-bond donors (Lipinski definition) is 1. The lowest BCUT2D eigenvalue weighted by Gasteiger charge is -2.20. The fraction of sp³-hybridized carbons (Fsp3) is 0.727. The second-order valence-corrected chi connectivity index (χ2v) is 4.61. The molecule has 2 rings (SSSR count). The molecule has 1 fully saturated rings. The van der Waals surface area contributed by atoms with E-state index < -0.39 is 0 Å². The Morgan fingerprint density at radius 1 is 1.44 bits per heavy atom. The molecule has 1 saturated heterocycles. The third-order valence-electron chi connectivity index (χ3n) is 2.77. The van der Waals surface area contributed by atoms with Crippen LogP contribution in [0.2, 0.25) is 5.28 Å². The van der Waals surface area contributed by atoms with Gasteiger partial charge in [0.25, 0.3) is 0 Å². The molecular formula is C11H18ClN5O. The molecule has 0 radical (unpaired) electrons. The lowest BCUT2D eigenvalue weighted by molar-refractivity contribution is 0.116. The van der Waals surface area contributed by atoms with Crippen LogP contribution in [0.15, 0.2) is 0 Å². The third kappa shape index (κ3) is 3.43. The van der Waals surface area contributed by atoms with Crippen LogP contribution in [0.3, 0.4) is 0 Å². The summed E-state index contributed by atoms with van der Waals surface area (Å²) in [4.78, 5) is 14.4. The van der Waals surface area contributed by atoms with Gasteiger partial charge in [-0.1, -0.05) is 0 Å². The Labute approximate surface area is 112 Å². The van der Waals surface area contributed by atoms with E-state index in [1.54, 1.807) is 0 Å². The van der Waals surface area contributed by atoms with Gasteiger partial charge >= 0.3 is 0 Å². The molecule has 0 aromatic carbocycles. The molecule has 2 heterocycles. The zero-order chi connectivity index (χ0) is 13.0. The summed E-state index contributed by atoms with van der Waals surface area (Å²) in [5, 5.41) is 3.24. The third-order valence-corrected chi connectivity index (χ3v) is 2.94. The predicted octanol–water partition coefficient (Wildman–Crippen LogP) is 1.57. The Morgan fingerprint density at radius 2 is 2.28 bits per heavy atom. The van der Waals surface area contributed by atoms with E-state index in [0.29, 0.717) is 11.9 Å². The van der Waals surface area contributed by atoms with Crippen molar-refractivity contribution in [1.29, 1.82) is 0 Å². The van der Waals surface area contributed by atoms with E-state index in [-0.39, 0.29) is 11.4 Å². The highest BCUT2D eigenvalue weighted by molar-refractivity contribution is 6.28. The van der Waals surface area contributed by atoms with Crippen LogP contribution < -0.4 is 10.2 Å². The minimum Gasteiger partial charge on any atom is -0.376 e. The van der Waals surface area contributed by atoms with Crippen LogP contribution in [0.4, 0.5) is 11.9 Å². The summed E-state index contributed by atoms with van der Waals surface area (Å²) in [5.41, 5.74) is 0.